The van der Waals surface area contributed by atoms with Crippen LogP contribution in [0.3, 0.4) is 0 Å². The zero-order valence-corrected chi connectivity index (χ0v) is 24.6. The van der Waals surface area contributed by atoms with Gasteiger partial charge in [-0.2, -0.15) is 0 Å². The average molecular weight is 560 g/mol. The van der Waals surface area contributed by atoms with Crippen molar-refractivity contribution in [1.29, 1.82) is 5.41 Å². The number of nitrogens with one attached hydrogen (secondary N) is 4. The van der Waals surface area contributed by atoms with Crippen molar-refractivity contribution >= 4 is 17.9 Å². The first-order chi connectivity index (χ1) is 19.6. The molecule has 10 heteroatoms. The minimum atomic E-state index is -0.376. The molecule has 1 saturated heterocycles. The zero-order chi connectivity index (χ0) is 29.5. The number of carbonyl (C=O) groups is 1. The molecule has 41 heavy (non-hydrogen) atoms. The highest BCUT2D eigenvalue weighted by molar-refractivity contribution is 6.05. The lowest BCUT2D eigenvalue weighted by molar-refractivity contribution is 0.0342. The van der Waals surface area contributed by atoms with Crippen molar-refractivity contribution in [2.24, 2.45) is 0 Å². The molecule has 4 N–H and O–H groups in total. The molecule has 10 nitrogen and oxygen atoms in total. The zero-order valence-electron chi connectivity index (χ0n) is 24.6. The highest BCUT2D eigenvalue weighted by Gasteiger charge is 2.20. The Morgan fingerprint density at radius 1 is 1.20 bits per heavy atom. The van der Waals surface area contributed by atoms with Gasteiger partial charge in [0, 0.05) is 67.4 Å². The summed E-state index contributed by atoms with van der Waals surface area (Å²) in [6.07, 6.45) is 1.15. The van der Waals surface area contributed by atoms with Crippen LogP contribution in [0.25, 0.3) is 11.3 Å². The van der Waals surface area contributed by atoms with Gasteiger partial charge < -0.3 is 30.7 Å². The molecule has 0 spiro atoms. The second kappa shape index (κ2) is 13.7. The Kier molecular flexibility index (Phi) is 10.0. The second-order valence-electron chi connectivity index (χ2n) is 11.1. The fraction of sp³-hybridized carbons (Fsp3) is 0.419. The summed E-state index contributed by atoms with van der Waals surface area (Å²) in [4.78, 5) is 38.4. The van der Waals surface area contributed by atoms with Crippen molar-refractivity contribution in [1.82, 2.24) is 25.1 Å². The van der Waals surface area contributed by atoms with Crippen molar-refractivity contribution in [3.63, 3.8) is 0 Å². The predicted octanol–water partition coefficient (Wildman–Crippen LogP) is 3.39. The van der Waals surface area contributed by atoms with E-state index in [4.69, 9.17) is 15.1 Å². The summed E-state index contributed by atoms with van der Waals surface area (Å²) in [6, 6.07) is 11.9. The summed E-state index contributed by atoms with van der Waals surface area (Å²) in [5, 5.41) is 14.3. The topological polar surface area (TPSA) is 126 Å². The Hall–Kier alpha value is -3.86. The first-order valence-corrected chi connectivity index (χ1v) is 14.0. The molecule has 218 valence electrons. The molecule has 1 aromatic carbocycles. The van der Waals surface area contributed by atoms with Gasteiger partial charge in [0.15, 0.2) is 0 Å². The van der Waals surface area contributed by atoms with E-state index in [0.29, 0.717) is 34.7 Å². The van der Waals surface area contributed by atoms with Crippen molar-refractivity contribution in [2.75, 3.05) is 45.7 Å². The molecule has 0 unspecified atom stereocenters. The number of amides is 1. The highest BCUT2D eigenvalue weighted by Crippen LogP contribution is 2.26. The molecular weight excluding hydrogens is 518 g/mol. The number of ether oxygens (including phenoxy) is 1. The number of nitrogens with zero attached hydrogens (tertiary/aromatic N) is 3. The lowest BCUT2D eigenvalue weighted by Gasteiger charge is -2.26. The van der Waals surface area contributed by atoms with Crippen LogP contribution < -0.4 is 16.2 Å². The number of morpholine rings is 1. The van der Waals surface area contributed by atoms with Crippen LogP contribution in [-0.4, -0.2) is 78.3 Å². The average Bonchev–Trinajstić information content (AvgIpc) is 2.92. The predicted molar refractivity (Wildman–Crippen MR) is 163 cm³/mol. The van der Waals surface area contributed by atoms with Gasteiger partial charge in [-0.05, 0) is 58.1 Å². The lowest BCUT2D eigenvalue weighted by atomic mass is 10.0. The third kappa shape index (κ3) is 7.87. The largest absolute Gasteiger partial charge is 0.379 e. The van der Waals surface area contributed by atoms with Crippen molar-refractivity contribution in [3.8, 4) is 11.3 Å². The number of benzene rings is 1. The molecular formula is C31H41N7O3. The maximum atomic E-state index is 13.6. The first-order valence-electron chi connectivity index (χ1n) is 14.0. The van der Waals surface area contributed by atoms with Crippen LogP contribution in [0, 0.1) is 12.3 Å². The second-order valence-corrected chi connectivity index (χ2v) is 11.1. The van der Waals surface area contributed by atoms with Gasteiger partial charge in [-0.1, -0.05) is 24.3 Å². The quantitative estimate of drug-likeness (QED) is 0.265. The van der Waals surface area contributed by atoms with Crippen molar-refractivity contribution in [3.05, 3.63) is 80.3 Å². The molecule has 0 radical (unpaired) electrons. The molecule has 0 aliphatic carbocycles. The van der Waals surface area contributed by atoms with E-state index in [9.17, 15) is 9.59 Å². The normalized spacial score (nSPS) is 13.9. The van der Waals surface area contributed by atoms with Gasteiger partial charge in [0.2, 0.25) is 0 Å². The standard InChI is InChI=1S/C31H41N7O3/c1-20(2)34-29-26(16-32)25(30(39)33-17-27-24(19-37(4)5)14-21(3)35-31(27)40)15-28(36-29)23-8-6-22(7-9-23)18-38-10-12-41-13-11-38/h6-9,14-16,20,32H,10-13,17-19H2,1-5H3,(H,33,39)(H,34,36)(H,35,40). The van der Waals surface area contributed by atoms with E-state index in [0.717, 1.165) is 55.9 Å². The van der Waals surface area contributed by atoms with Gasteiger partial charge in [0.1, 0.15) is 5.82 Å². The van der Waals surface area contributed by atoms with Gasteiger partial charge in [-0.25, -0.2) is 4.98 Å². The number of aromatic nitrogens is 2. The minimum absolute atomic E-state index is 0.0444. The van der Waals surface area contributed by atoms with Gasteiger partial charge in [-0.15, -0.1) is 0 Å². The summed E-state index contributed by atoms with van der Waals surface area (Å²) < 4.78 is 5.45. The van der Waals surface area contributed by atoms with Gasteiger partial charge in [0.25, 0.3) is 11.5 Å². The maximum absolute atomic E-state index is 13.6. The number of anilines is 1. The summed E-state index contributed by atoms with van der Waals surface area (Å²) in [5.41, 5.74) is 5.34. The number of carbonyl (C=O) groups excluding carboxylic acids is 1. The Morgan fingerprint density at radius 3 is 2.54 bits per heavy atom. The summed E-state index contributed by atoms with van der Waals surface area (Å²) in [6.45, 7) is 10.7. The van der Waals surface area contributed by atoms with Crippen LogP contribution in [0.15, 0.2) is 41.2 Å². The summed E-state index contributed by atoms with van der Waals surface area (Å²) in [7, 11) is 3.87. The van der Waals surface area contributed by atoms with E-state index in [1.807, 2.05) is 58.0 Å². The number of aryl methyl sites for hydroxylation is 1. The third-order valence-corrected chi connectivity index (χ3v) is 6.91. The van der Waals surface area contributed by atoms with E-state index in [1.54, 1.807) is 6.07 Å². The van der Waals surface area contributed by atoms with E-state index in [1.165, 1.54) is 5.56 Å². The van der Waals surface area contributed by atoms with Crippen LogP contribution in [0.2, 0.25) is 0 Å². The Balaban J connectivity index is 1.63. The van der Waals surface area contributed by atoms with Gasteiger partial charge in [-0.3, -0.25) is 14.5 Å². The van der Waals surface area contributed by atoms with E-state index in [-0.39, 0.29) is 24.1 Å². The van der Waals surface area contributed by atoms with Gasteiger partial charge >= 0.3 is 0 Å². The maximum Gasteiger partial charge on any atom is 0.253 e. The minimum Gasteiger partial charge on any atom is -0.379 e. The molecule has 3 aromatic rings. The van der Waals surface area contributed by atoms with Crippen LogP contribution >= 0.6 is 0 Å². The molecule has 0 saturated carbocycles. The van der Waals surface area contributed by atoms with Crippen LogP contribution in [-0.2, 0) is 24.4 Å². The van der Waals surface area contributed by atoms with E-state index < -0.39 is 0 Å². The molecule has 1 aliphatic heterocycles. The van der Waals surface area contributed by atoms with Crippen molar-refractivity contribution < 1.29 is 9.53 Å². The highest BCUT2D eigenvalue weighted by atomic mass is 16.5. The number of hydrogen-bond acceptors (Lipinski definition) is 8. The van der Waals surface area contributed by atoms with E-state index in [2.05, 4.69) is 32.7 Å². The monoisotopic (exact) mass is 559 g/mol. The molecule has 1 fully saturated rings. The molecule has 0 atom stereocenters. The fourth-order valence-electron chi connectivity index (χ4n) is 4.94. The lowest BCUT2D eigenvalue weighted by Crippen LogP contribution is -2.35. The molecule has 2 aromatic heterocycles. The molecule has 3 heterocycles. The van der Waals surface area contributed by atoms with Crippen LogP contribution in [0.1, 0.15) is 52.2 Å². The number of aromatic amines is 1. The Labute approximate surface area is 241 Å². The summed E-state index contributed by atoms with van der Waals surface area (Å²) >= 11 is 0. The molecule has 4 rings (SSSR count). The van der Waals surface area contributed by atoms with Crippen LogP contribution in [0.5, 0.6) is 0 Å². The molecule has 1 amide bonds. The van der Waals surface area contributed by atoms with Crippen molar-refractivity contribution in [2.45, 2.75) is 46.4 Å². The molecule has 0 bridgehead atoms. The first kappa shape index (κ1) is 30.1. The Bertz CT molecular complexity index is 1420. The number of pyridine rings is 2. The smallest absolute Gasteiger partial charge is 0.253 e. The summed E-state index contributed by atoms with van der Waals surface area (Å²) in [5.74, 6) is 0.0928. The fourth-order valence-corrected chi connectivity index (χ4v) is 4.94. The van der Waals surface area contributed by atoms with Gasteiger partial charge in [0.05, 0.1) is 24.5 Å². The van der Waals surface area contributed by atoms with Crippen LogP contribution in [0.4, 0.5) is 5.82 Å². The van der Waals surface area contributed by atoms with E-state index >= 15 is 0 Å². The SMILES string of the molecule is Cc1cc(CN(C)C)c(CNC(=O)c2cc(-c3ccc(CN4CCOCC4)cc3)nc(NC(C)C)c2C=N)c(=O)[nH]1. The number of H-pyrrole nitrogens is 1. The Morgan fingerprint density at radius 2 is 1.90 bits per heavy atom. The number of rotatable bonds is 11. The third-order valence-electron chi connectivity index (χ3n) is 6.91. The molecule has 1 aliphatic rings. The number of hydrogen-bond donors (Lipinski definition) is 4.